The molecule has 4 heterocycles. The van der Waals surface area contributed by atoms with Gasteiger partial charge in [0.2, 0.25) is 5.91 Å². The molecular weight excluding hydrogens is 625 g/mol. The van der Waals surface area contributed by atoms with Gasteiger partial charge in [-0.25, -0.2) is 9.97 Å². The van der Waals surface area contributed by atoms with Crippen molar-refractivity contribution in [1.29, 1.82) is 5.26 Å². The number of rotatable bonds is 10. The monoisotopic (exact) mass is 664 g/mol. The van der Waals surface area contributed by atoms with Gasteiger partial charge in [-0.15, -0.1) is 11.3 Å². The Balaban J connectivity index is 0.992. The summed E-state index contributed by atoms with van der Waals surface area (Å²) in [5.74, 6) is 0.959. The summed E-state index contributed by atoms with van der Waals surface area (Å²) >= 11 is 1.06. The molecule has 4 aromatic rings. The highest BCUT2D eigenvalue weighted by Gasteiger charge is 2.74. The minimum absolute atomic E-state index is 0.0207. The largest absolute Gasteiger partial charge is 0.393 e. The number of anilines is 1. The van der Waals surface area contributed by atoms with Crippen molar-refractivity contribution >= 4 is 44.2 Å². The molecule has 3 aliphatic carbocycles. The lowest BCUT2D eigenvalue weighted by Crippen LogP contribution is -2.81. The second-order valence-electron chi connectivity index (χ2n) is 13.8. The maximum atomic E-state index is 12.9. The number of aryl methyl sites for hydroxylation is 1. The maximum absolute atomic E-state index is 12.9. The number of hydrogen-bond acceptors (Lipinski definition) is 8. The molecule has 4 fully saturated rings. The molecule has 47 heavy (non-hydrogen) atoms. The van der Waals surface area contributed by atoms with Crippen LogP contribution in [0.4, 0.5) is 19.0 Å². The number of likely N-dealkylation sites (tertiary alicyclic amines) is 1. The molecule has 9 nitrogen and oxygen atoms in total. The van der Waals surface area contributed by atoms with E-state index >= 15 is 0 Å². The number of aromatic nitrogens is 3. The molecule has 1 aromatic carbocycles. The highest BCUT2D eigenvalue weighted by molar-refractivity contribution is 7.18. The third kappa shape index (κ3) is 5.74. The van der Waals surface area contributed by atoms with Gasteiger partial charge in [0, 0.05) is 66.5 Å². The van der Waals surface area contributed by atoms with Gasteiger partial charge in [0.1, 0.15) is 28.7 Å². The molecule has 248 valence electrons. The van der Waals surface area contributed by atoms with Crippen molar-refractivity contribution in [2.75, 3.05) is 25.0 Å². The fourth-order valence-electron chi connectivity index (χ4n) is 8.30. The predicted octanol–water partition coefficient (Wildman–Crippen LogP) is 5.64. The number of nitrogens with two attached hydrogens (primary N) is 1. The lowest BCUT2D eigenvalue weighted by molar-refractivity contribution is -0.228. The molecule has 8 rings (SSSR count). The van der Waals surface area contributed by atoms with Crippen molar-refractivity contribution < 1.29 is 18.0 Å². The topological polar surface area (TPSA) is 125 Å². The van der Waals surface area contributed by atoms with Crippen molar-refractivity contribution in [3.63, 3.8) is 0 Å². The van der Waals surface area contributed by atoms with Gasteiger partial charge >= 0.3 is 6.18 Å². The minimum Gasteiger partial charge on any atom is -0.367 e. The normalized spacial score (nSPS) is 24.6. The molecule has 4 aliphatic rings. The van der Waals surface area contributed by atoms with E-state index in [0.29, 0.717) is 40.6 Å². The van der Waals surface area contributed by atoms with E-state index in [1.165, 1.54) is 17.5 Å². The van der Waals surface area contributed by atoms with Gasteiger partial charge in [-0.05, 0) is 73.3 Å². The molecular formula is C34H39F3N8OS. The molecule has 0 unspecified atom stereocenters. The molecule has 0 radical (unpaired) electrons. The van der Waals surface area contributed by atoms with E-state index < -0.39 is 12.6 Å². The fraction of sp³-hybridized carbons (Fsp3) is 0.529. The van der Waals surface area contributed by atoms with Crippen molar-refractivity contribution in [3.8, 4) is 6.07 Å². The smallest absolute Gasteiger partial charge is 0.367 e. The number of piperidine rings is 1. The second-order valence-corrected chi connectivity index (χ2v) is 14.9. The number of thiophene rings is 1. The van der Waals surface area contributed by atoms with E-state index in [0.717, 1.165) is 74.1 Å². The van der Waals surface area contributed by atoms with Crippen LogP contribution in [0.1, 0.15) is 60.7 Å². The Kier molecular flexibility index (Phi) is 7.96. The highest BCUT2D eigenvalue weighted by Crippen LogP contribution is 2.72. The summed E-state index contributed by atoms with van der Waals surface area (Å²) in [6, 6.07) is 10.5. The number of amides is 1. The summed E-state index contributed by atoms with van der Waals surface area (Å²) in [4.78, 5) is 24.0. The van der Waals surface area contributed by atoms with Crippen LogP contribution in [0, 0.1) is 29.6 Å². The number of alkyl halides is 3. The first-order valence-electron chi connectivity index (χ1n) is 16.2. The Bertz CT molecular complexity index is 1880. The van der Waals surface area contributed by atoms with Crippen LogP contribution in [0.25, 0.3) is 21.1 Å². The lowest BCUT2D eigenvalue weighted by Gasteiger charge is -2.76. The van der Waals surface area contributed by atoms with Crippen LogP contribution in [-0.2, 0) is 24.3 Å². The van der Waals surface area contributed by atoms with E-state index in [9.17, 15) is 23.2 Å². The number of halogens is 3. The quantitative estimate of drug-likeness (QED) is 0.200. The Morgan fingerprint density at radius 3 is 2.64 bits per heavy atom. The number of nitrogens with one attached hydrogen (secondary N) is 2. The second kappa shape index (κ2) is 11.8. The first-order chi connectivity index (χ1) is 22.4. The zero-order valence-corrected chi connectivity index (χ0v) is 27.4. The van der Waals surface area contributed by atoms with Crippen LogP contribution in [-0.4, -0.2) is 62.7 Å². The number of carbonyl (C=O) groups is 1. The standard InChI is InChI=1S/C34H39F3N8OS/c1-20-22(15-44-9-6-23(7-10-44)42-30-27-12-25(13-34(35,36)37)47-31(27)41-19-40-30)3-4-28-26(20)11-24(14-39)45(28)18-32-16-33(17-32,21(32)2)43-29(46)5-8-38/h3-4,11-12,19,21,23H,5-10,13,15-18,38H2,1-2H3,(H,43,46)(H,40,41,42)/t21-,32?,33?/m0/s1. The van der Waals surface area contributed by atoms with E-state index in [-0.39, 0.29) is 27.8 Å². The average molecular weight is 665 g/mol. The molecule has 3 saturated carbocycles. The number of fused-ring (bicyclic) bond motifs is 2. The SMILES string of the molecule is Cc1c(CN2CCC(Nc3ncnc4sc(CC(F)(F)F)cc34)CC2)ccc2c1cc(C#N)n2CC12CC(NC(=O)CCN)(C1)[C@H]2C. The summed E-state index contributed by atoms with van der Waals surface area (Å²) < 4.78 is 41.0. The maximum Gasteiger partial charge on any atom is 0.393 e. The summed E-state index contributed by atoms with van der Waals surface area (Å²) in [5, 5.41) is 18.5. The Hall–Kier alpha value is -3.73. The molecule has 13 heteroatoms. The first kappa shape index (κ1) is 31.8. The molecule has 1 atom stereocenters. The minimum atomic E-state index is -4.26. The van der Waals surface area contributed by atoms with Crippen LogP contribution in [0.2, 0.25) is 0 Å². The third-order valence-corrected chi connectivity index (χ3v) is 12.0. The van der Waals surface area contributed by atoms with Crippen molar-refractivity contribution in [2.45, 2.75) is 83.2 Å². The lowest BCUT2D eigenvalue weighted by atomic mass is 9.33. The van der Waals surface area contributed by atoms with Gasteiger partial charge in [-0.3, -0.25) is 9.69 Å². The van der Waals surface area contributed by atoms with E-state index in [4.69, 9.17) is 5.73 Å². The Morgan fingerprint density at radius 1 is 1.19 bits per heavy atom. The van der Waals surface area contributed by atoms with Crippen molar-refractivity contribution in [3.05, 3.63) is 52.3 Å². The van der Waals surface area contributed by atoms with Gasteiger partial charge in [-0.2, -0.15) is 18.4 Å². The summed E-state index contributed by atoms with van der Waals surface area (Å²) in [6.07, 6.45) is 0.162. The number of hydrogen-bond donors (Lipinski definition) is 3. The van der Waals surface area contributed by atoms with Gasteiger partial charge < -0.3 is 20.9 Å². The van der Waals surface area contributed by atoms with Crippen LogP contribution in [0.3, 0.4) is 0 Å². The summed E-state index contributed by atoms with van der Waals surface area (Å²) in [6.45, 7) is 8.01. The molecule has 1 saturated heterocycles. The van der Waals surface area contributed by atoms with E-state index in [1.54, 1.807) is 6.07 Å². The zero-order valence-electron chi connectivity index (χ0n) is 26.6. The van der Waals surface area contributed by atoms with Gasteiger partial charge in [0.15, 0.2) is 0 Å². The summed E-state index contributed by atoms with van der Waals surface area (Å²) in [5.41, 5.74) is 9.69. The van der Waals surface area contributed by atoms with E-state index in [1.807, 2.05) is 6.07 Å². The van der Waals surface area contributed by atoms with Crippen LogP contribution < -0.4 is 16.4 Å². The van der Waals surface area contributed by atoms with Gasteiger partial charge in [0.25, 0.3) is 0 Å². The van der Waals surface area contributed by atoms with Gasteiger partial charge in [0.05, 0.1) is 11.8 Å². The molecule has 2 bridgehead atoms. The number of nitriles is 1. The van der Waals surface area contributed by atoms with Crippen LogP contribution >= 0.6 is 11.3 Å². The predicted molar refractivity (Wildman–Crippen MR) is 176 cm³/mol. The highest BCUT2D eigenvalue weighted by atomic mass is 32.1. The number of benzene rings is 1. The first-order valence-corrected chi connectivity index (χ1v) is 17.1. The average Bonchev–Trinajstić information content (AvgIpc) is 3.59. The zero-order chi connectivity index (χ0) is 33.1. The molecule has 3 aromatic heterocycles. The molecule has 1 aliphatic heterocycles. The Labute approximate surface area is 275 Å². The van der Waals surface area contributed by atoms with Crippen LogP contribution in [0.5, 0.6) is 0 Å². The van der Waals surface area contributed by atoms with Crippen molar-refractivity contribution in [1.82, 2.24) is 24.8 Å². The fourth-order valence-corrected chi connectivity index (χ4v) is 9.33. The van der Waals surface area contributed by atoms with E-state index in [2.05, 4.69) is 62.1 Å². The molecule has 1 amide bonds. The third-order valence-electron chi connectivity index (χ3n) is 11.0. The Morgan fingerprint density at radius 2 is 1.96 bits per heavy atom. The molecule has 4 N–H and O–H groups in total. The number of nitrogens with zero attached hydrogens (tertiary/aromatic N) is 5. The van der Waals surface area contributed by atoms with Crippen molar-refractivity contribution in [2.24, 2.45) is 17.1 Å². The summed E-state index contributed by atoms with van der Waals surface area (Å²) in [7, 11) is 0. The van der Waals surface area contributed by atoms with Crippen LogP contribution in [0.15, 0.2) is 30.6 Å². The molecule has 0 spiro atoms. The van der Waals surface area contributed by atoms with Gasteiger partial charge in [-0.1, -0.05) is 13.0 Å². The number of carbonyl (C=O) groups excluding carboxylic acids is 1.